The number of quaternary nitrogens is 1. The molecule has 1 aromatic carbocycles. The van der Waals surface area contributed by atoms with Crippen molar-refractivity contribution in [1.82, 2.24) is 5.32 Å². The van der Waals surface area contributed by atoms with Crippen molar-refractivity contribution >= 4 is 5.91 Å². The lowest BCUT2D eigenvalue weighted by Crippen LogP contribution is -3.15. The highest BCUT2D eigenvalue weighted by Gasteiger charge is 2.19. The third kappa shape index (κ3) is 5.43. The van der Waals surface area contributed by atoms with Gasteiger partial charge < -0.3 is 15.0 Å². The molecule has 0 radical (unpaired) electrons. The standard InChI is InChI=1S/C18H28N2O2/c1-14(2)12-16-4-6-17(7-5-16)15(3)19-18(21)13-20-8-10-22-11-9-20/h4-7,14-15H,8-13H2,1-3H3,(H,19,21)/p+1/t15-/m1/s1. The maximum atomic E-state index is 12.1. The van der Waals surface area contributed by atoms with E-state index in [1.165, 1.54) is 10.5 Å². The van der Waals surface area contributed by atoms with E-state index in [-0.39, 0.29) is 11.9 Å². The zero-order valence-corrected chi connectivity index (χ0v) is 14.0. The first-order valence-corrected chi connectivity index (χ1v) is 8.34. The minimum Gasteiger partial charge on any atom is -0.370 e. The minimum absolute atomic E-state index is 0.0565. The molecule has 0 spiro atoms. The third-order valence-electron chi connectivity index (χ3n) is 4.11. The summed E-state index contributed by atoms with van der Waals surface area (Å²) in [7, 11) is 0. The van der Waals surface area contributed by atoms with Crippen LogP contribution in [0.1, 0.15) is 37.9 Å². The van der Waals surface area contributed by atoms with Gasteiger partial charge in [0.1, 0.15) is 13.1 Å². The molecule has 0 bridgehead atoms. The molecule has 1 amide bonds. The molecule has 2 N–H and O–H groups in total. The van der Waals surface area contributed by atoms with Crippen molar-refractivity contribution in [3.8, 4) is 0 Å². The van der Waals surface area contributed by atoms with Crippen LogP contribution in [0.4, 0.5) is 0 Å². The molecule has 4 nitrogen and oxygen atoms in total. The number of benzene rings is 1. The number of nitrogens with one attached hydrogen (secondary N) is 2. The Labute approximate surface area is 133 Å². The lowest BCUT2D eigenvalue weighted by atomic mass is 10.00. The molecule has 0 saturated carbocycles. The molecule has 1 aliphatic heterocycles. The van der Waals surface area contributed by atoms with Gasteiger partial charge >= 0.3 is 0 Å². The van der Waals surface area contributed by atoms with Crippen LogP contribution in [0.25, 0.3) is 0 Å². The van der Waals surface area contributed by atoms with Crippen molar-refractivity contribution in [1.29, 1.82) is 0 Å². The number of carbonyl (C=O) groups excluding carboxylic acids is 1. The van der Waals surface area contributed by atoms with Gasteiger partial charge in [-0.1, -0.05) is 38.1 Å². The van der Waals surface area contributed by atoms with Crippen LogP contribution in [-0.2, 0) is 16.0 Å². The van der Waals surface area contributed by atoms with Gasteiger partial charge in [0.05, 0.1) is 19.3 Å². The number of hydrogen-bond acceptors (Lipinski definition) is 2. The Kier molecular flexibility index (Phi) is 6.40. The van der Waals surface area contributed by atoms with Crippen LogP contribution in [-0.4, -0.2) is 38.8 Å². The average Bonchev–Trinajstić information content (AvgIpc) is 2.48. The van der Waals surface area contributed by atoms with Gasteiger partial charge in [-0.05, 0) is 30.4 Å². The van der Waals surface area contributed by atoms with E-state index in [0.29, 0.717) is 12.5 Å². The normalized spacial score (nSPS) is 17.5. The molecule has 2 rings (SSSR count). The van der Waals surface area contributed by atoms with Gasteiger partial charge in [0.2, 0.25) is 0 Å². The number of morpholine rings is 1. The first-order valence-electron chi connectivity index (χ1n) is 8.34. The van der Waals surface area contributed by atoms with E-state index >= 15 is 0 Å². The smallest absolute Gasteiger partial charge is 0.275 e. The molecule has 1 fully saturated rings. The van der Waals surface area contributed by atoms with Crippen LogP contribution in [0.2, 0.25) is 0 Å². The molecule has 4 heteroatoms. The van der Waals surface area contributed by atoms with E-state index in [2.05, 4.69) is 43.4 Å². The number of carbonyl (C=O) groups is 1. The quantitative estimate of drug-likeness (QED) is 0.823. The summed E-state index contributed by atoms with van der Waals surface area (Å²) in [5, 5.41) is 3.10. The van der Waals surface area contributed by atoms with Crippen molar-refractivity contribution in [2.24, 2.45) is 5.92 Å². The van der Waals surface area contributed by atoms with Crippen LogP contribution in [0.5, 0.6) is 0 Å². The van der Waals surface area contributed by atoms with E-state index in [4.69, 9.17) is 4.74 Å². The molecule has 1 saturated heterocycles. The van der Waals surface area contributed by atoms with E-state index in [0.717, 1.165) is 38.3 Å². The molecule has 0 aliphatic carbocycles. The summed E-state index contributed by atoms with van der Waals surface area (Å²) in [6.45, 7) is 10.4. The summed E-state index contributed by atoms with van der Waals surface area (Å²) >= 11 is 0. The van der Waals surface area contributed by atoms with Gasteiger partial charge in [-0.25, -0.2) is 0 Å². The summed E-state index contributed by atoms with van der Waals surface area (Å²) in [5.41, 5.74) is 2.52. The van der Waals surface area contributed by atoms with Gasteiger partial charge in [-0.2, -0.15) is 0 Å². The van der Waals surface area contributed by atoms with Gasteiger partial charge in [0.15, 0.2) is 6.54 Å². The van der Waals surface area contributed by atoms with Crippen molar-refractivity contribution in [3.63, 3.8) is 0 Å². The summed E-state index contributed by atoms with van der Waals surface area (Å²) in [6.07, 6.45) is 1.10. The Balaban J connectivity index is 1.82. The Hall–Kier alpha value is -1.39. The number of amides is 1. The van der Waals surface area contributed by atoms with Gasteiger partial charge in [-0.3, -0.25) is 4.79 Å². The van der Waals surface area contributed by atoms with Crippen molar-refractivity contribution in [3.05, 3.63) is 35.4 Å². The molecule has 122 valence electrons. The predicted octanol–water partition coefficient (Wildman–Crippen LogP) is 0.977. The topological polar surface area (TPSA) is 42.8 Å². The maximum Gasteiger partial charge on any atom is 0.275 e. The zero-order chi connectivity index (χ0) is 15.9. The lowest BCUT2D eigenvalue weighted by Gasteiger charge is -2.24. The van der Waals surface area contributed by atoms with Gasteiger partial charge in [-0.15, -0.1) is 0 Å². The summed E-state index contributed by atoms with van der Waals surface area (Å²) in [6, 6.07) is 8.66. The van der Waals surface area contributed by atoms with E-state index in [1.807, 2.05) is 6.92 Å². The van der Waals surface area contributed by atoms with Crippen molar-refractivity contribution in [2.75, 3.05) is 32.8 Å². The number of ether oxygens (including phenoxy) is 1. The van der Waals surface area contributed by atoms with Crippen molar-refractivity contribution < 1.29 is 14.4 Å². The largest absolute Gasteiger partial charge is 0.370 e. The second kappa shape index (κ2) is 8.30. The Morgan fingerprint density at radius 1 is 1.18 bits per heavy atom. The molecule has 1 aromatic rings. The molecule has 1 heterocycles. The molecule has 0 unspecified atom stereocenters. The molecule has 1 aliphatic rings. The maximum absolute atomic E-state index is 12.1. The summed E-state index contributed by atoms with van der Waals surface area (Å²) in [5.74, 6) is 0.787. The number of hydrogen-bond donors (Lipinski definition) is 2. The molecular formula is C18H29N2O2+. The van der Waals surface area contributed by atoms with E-state index in [9.17, 15) is 4.79 Å². The van der Waals surface area contributed by atoms with Gasteiger partial charge in [0, 0.05) is 0 Å². The molecule has 22 heavy (non-hydrogen) atoms. The zero-order valence-electron chi connectivity index (χ0n) is 14.0. The van der Waals surface area contributed by atoms with Crippen LogP contribution >= 0.6 is 0 Å². The summed E-state index contributed by atoms with van der Waals surface area (Å²) in [4.78, 5) is 13.4. The second-order valence-electron chi connectivity index (χ2n) is 6.67. The fourth-order valence-electron chi connectivity index (χ4n) is 2.85. The Morgan fingerprint density at radius 3 is 2.41 bits per heavy atom. The van der Waals surface area contributed by atoms with Crippen LogP contribution in [0.15, 0.2) is 24.3 Å². The summed E-state index contributed by atoms with van der Waals surface area (Å²) < 4.78 is 5.32. The minimum atomic E-state index is 0.0565. The third-order valence-corrected chi connectivity index (χ3v) is 4.11. The highest BCUT2D eigenvalue weighted by molar-refractivity contribution is 5.77. The number of rotatable bonds is 6. The van der Waals surface area contributed by atoms with Crippen molar-refractivity contribution in [2.45, 2.75) is 33.2 Å². The van der Waals surface area contributed by atoms with Crippen LogP contribution in [0.3, 0.4) is 0 Å². The first-order chi connectivity index (χ1) is 10.5. The Morgan fingerprint density at radius 2 is 1.82 bits per heavy atom. The average molecular weight is 305 g/mol. The molecular weight excluding hydrogens is 276 g/mol. The first kappa shape index (κ1) is 17.0. The lowest BCUT2D eigenvalue weighted by molar-refractivity contribution is -0.900. The Bertz CT molecular complexity index is 464. The van der Waals surface area contributed by atoms with Crippen LogP contribution < -0.4 is 10.2 Å². The SMILES string of the molecule is CC(C)Cc1ccc([C@@H](C)NC(=O)C[NH+]2CCOCC2)cc1. The second-order valence-corrected chi connectivity index (χ2v) is 6.67. The van der Waals surface area contributed by atoms with Crippen LogP contribution in [0, 0.1) is 5.92 Å². The highest BCUT2D eigenvalue weighted by Crippen LogP contribution is 2.15. The highest BCUT2D eigenvalue weighted by atomic mass is 16.5. The van der Waals surface area contributed by atoms with Gasteiger partial charge in [0.25, 0.3) is 5.91 Å². The fraction of sp³-hybridized carbons (Fsp3) is 0.611. The molecule has 1 atom stereocenters. The fourth-order valence-corrected chi connectivity index (χ4v) is 2.85. The van der Waals surface area contributed by atoms with E-state index in [1.54, 1.807) is 0 Å². The monoisotopic (exact) mass is 305 g/mol. The molecule has 0 aromatic heterocycles. The predicted molar refractivity (Wildman–Crippen MR) is 87.9 cm³/mol. The van der Waals surface area contributed by atoms with E-state index < -0.39 is 0 Å².